The zero-order valence-electron chi connectivity index (χ0n) is 9.30. The van der Waals surface area contributed by atoms with Crippen molar-refractivity contribution >= 4 is 17.5 Å². The van der Waals surface area contributed by atoms with Gasteiger partial charge in [0.15, 0.2) is 0 Å². The molecule has 0 heterocycles. The Balaban J connectivity index is 2.92. The Labute approximate surface area is 95.4 Å². The van der Waals surface area contributed by atoms with Crippen LogP contribution >= 0.6 is 11.6 Å². The summed E-state index contributed by atoms with van der Waals surface area (Å²) in [5.74, 6) is -0.398. The molecule has 0 aliphatic carbocycles. The summed E-state index contributed by atoms with van der Waals surface area (Å²) in [6.07, 6.45) is 0.675. The Kier molecular flexibility index (Phi) is 3.75. The van der Waals surface area contributed by atoms with Crippen molar-refractivity contribution in [1.82, 2.24) is 0 Å². The second-order valence-electron chi connectivity index (χ2n) is 4.05. The highest BCUT2D eigenvalue weighted by Crippen LogP contribution is 2.23. The minimum absolute atomic E-state index is 0.134. The fourth-order valence-electron chi connectivity index (χ4n) is 1.61. The van der Waals surface area contributed by atoms with Crippen molar-refractivity contribution in [2.45, 2.75) is 27.2 Å². The van der Waals surface area contributed by atoms with Gasteiger partial charge in [-0.05, 0) is 37.0 Å². The molecular weight excluding hydrogens is 210 g/mol. The number of hydrogen-bond donors (Lipinski definition) is 1. The third kappa shape index (κ3) is 2.96. The van der Waals surface area contributed by atoms with Crippen LogP contribution in [0.4, 0.5) is 0 Å². The van der Waals surface area contributed by atoms with Gasteiger partial charge in [0.2, 0.25) is 5.91 Å². The van der Waals surface area contributed by atoms with Gasteiger partial charge in [0.05, 0.1) is 0 Å². The first-order valence-corrected chi connectivity index (χ1v) is 5.34. The molecule has 1 rings (SSSR count). The number of nitrogens with two attached hydrogens (primary N) is 1. The van der Waals surface area contributed by atoms with Crippen LogP contribution in [0.25, 0.3) is 0 Å². The van der Waals surface area contributed by atoms with Crippen LogP contribution in [-0.2, 0) is 11.2 Å². The first-order chi connectivity index (χ1) is 6.91. The monoisotopic (exact) mass is 225 g/mol. The lowest BCUT2D eigenvalue weighted by Crippen LogP contribution is -2.22. The molecule has 3 heteroatoms. The number of amides is 1. The average Bonchev–Trinajstić information content (AvgIpc) is 2.13. The highest BCUT2D eigenvalue weighted by molar-refractivity contribution is 6.32. The number of carbonyl (C=O) groups excluding carboxylic acids is 1. The summed E-state index contributed by atoms with van der Waals surface area (Å²) in [6, 6.07) is 4.02. The zero-order chi connectivity index (χ0) is 11.6. The first-order valence-electron chi connectivity index (χ1n) is 4.96. The number of hydrogen-bond acceptors (Lipinski definition) is 1. The number of aryl methyl sites for hydroxylation is 2. The Morgan fingerprint density at radius 1 is 1.40 bits per heavy atom. The predicted octanol–water partition coefficient (Wildman–Crippen LogP) is 2.62. The van der Waals surface area contributed by atoms with Crippen LogP contribution in [0.15, 0.2) is 12.1 Å². The van der Waals surface area contributed by atoms with E-state index in [1.807, 2.05) is 32.9 Å². The molecule has 1 atom stereocenters. The summed E-state index contributed by atoms with van der Waals surface area (Å²) in [5.41, 5.74) is 8.43. The fourth-order valence-corrected chi connectivity index (χ4v) is 1.72. The Morgan fingerprint density at radius 2 is 1.87 bits per heavy atom. The van der Waals surface area contributed by atoms with Crippen molar-refractivity contribution in [3.63, 3.8) is 0 Å². The van der Waals surface area contributed by atoms with Crippen LogP contribution in [0.1, 0.15) is 23.6 Å². The van der Waals surface area contributed by atoms with E-state index in [9.17, 15) is 4.79 Å². The van der Waals surface area contributed by atoms with Gasteiger partial charge in [-0.25, -0.2) is 0 Å². The van der Waals surface area contributed by atoms with E-state index in [0.717, 1.165) is 21.7 Å². The quantitative estimate of drug-likeness (QED) is 0.845. The molecule has 0 aliphatic rings. The molecule has 0 fully saturated rings. The molecule has 0 bridgehead atoms. The third-order valence-corrected chi connectivity index (χ3v) is 3.12. The molecule has 0 unspecified atom stereocenters. The Morgan fingerprint density at radius 3 is 2.27 bits per heavy atom. The maximum Gasteiger partial charge on any atom is 0.220 e. The van der Waals surface area contributed by atoms with E-state index in [1.165, 1.54) is 0 Å². The van der Waals surface area contributed by atoms with Crippen molar-refractivity contribution in [3.05, 3.63) is 33.8 Å². The molecule has 0 radical (unpaired) electrons. The second-order valence-corrected chi connectivity index (χ2v) is 4.43. The molecule has 0 spiro atoms. The van der Waals surface area contributed by atoms with Crippen molar-refractivity contribution in [3.8, 4) is 0 Å². The third-order valence-electron chi connectivity index (χ3n) is 2.52. The van der Waals surface area contributed by atoms with Crippen LogP contribution in [-0.4, -0.2) is 5.91 Å². The number of halogens is 1. The van der Waals surface area contributed by atoms with E-state index in [2.05, 4.69) is 0 Å². The van der Waals surface area contributed by atoms with Crippen LogP contribution in [0.2, 0.25) is 5.02 Å². The number of benzene rings is 1. The molecule has 0 aliphatic heterocycles. The number of rotatable bonds is 3. The SMILES string of the molecule is Cc1cc(C[C@@H](C)C(N)=O)cc(C)c1Cl. The Hall–Kier alpha value is -1.02. The van der Waals surface area contributed by atoms with E-state index in [4.69, 9.17) is 17.3 Å². The normalized spacial score (nSPS) is 12.5. The average molecular weight is 226 g/mol. The molecule has 82 valence electrons. The molecule has 1 amide bonds. The molecule has 0 saturated carbocycles. The summed E-state index contributed by atoms with van der Waals surface area (Å²) >= 11 is 6.06. The Bertz CT molecular complexity index is 364. The van der Waals surface area contributed by atoms with Crippen LogP contribution in [0, 0.1) is 19.8 Å². The van der Waals surface area contributed by atoms with Crippen molar-refractivity contribution in [2.24, 2.45) is 11.7 Å². The van der Waals surface area contributed by atoms with Gasteiger partial charge in [-0.15, -0.1) is 0 Å². The van der Waals surface area contributed by atoms with Gasteiger partial charge < -0.3 is 5.73 Å². The molecule has 0 aromatic heterocycles. The number of carbonyl (C=O) groups is 1. The predicted molar refractivity (Wildman–Crippen MR) is 63.0 cm³/mol. The maximum absolute atomic E-state index is 10.9. The highest BCUT2D eigenvalue weighted by atomic mass is 35.5. The molecule has 1 aromatic rings. The molecule has 2 nitrogen and oxygen atoms in total. The lowest BCUT2D eigenvalue weighted by Gasteiger charge is -2.10. The van der Waals surface area contributed by atoms with Crippen LogP contribution < -0.4 is 5.73 Å². The largest absolute Gasteiger partial charge is 0.369 e. The second kappa shape index (κ2) is 4.67. The van der Waals surface area contributed by atoms with E-state index in [1.54, 1.807) is 0 Å². The highest BCUT2D eigenvalue weighted by Gasteiger charge is 2.11. The van der Waals surface area contributed by atoms with Crippen molar-refractivity contribution in [1.29, 1.82) is 0 Å². The summed E-state index contributed by atoms with van der Waals surface area (Å²) in [7, 11) is 0. The fraction of sp³-hybridized carbons (Fsp3) is 0.417. The molecule has 0 saturated heterocycles. The summed E-state index contributed by atoms with van der Waals surface area (Å²) in [5, 5.41) is 0.797. The zero-order valence-corrected chi connectivity index (χ0v) is 10.1. The van der Waals surface area contributed by atoms with Gasteiger partial charge in [-0.3, -0.25) is 4.79 Å². The first kappa shape index (κ1) is 12.1. The molecule has 1 aromatic carbocycles. The minimum atomic E-state index is -0.264. The topological polar surface area (TPSA) is 43.1 Å². The maximum atomic E-state index is 10.9. The summed E-state index contributed by atoms with van der Waals surface area (Å²) < 4.78 is 0. The molecule has 2 N–H and O–H groups in total. The molecule has 15 heavy (non-hydrogen) atoms. The van der Waals surface area contributed by atoms with Gasteiger partial charge in [0.1, 0.15) is 0 Å². The molecular formula is C12H16ClNO. The smallest absolute Gasteiger partial charge is 0.220 e. The lowest BCUT2D eigenvalue weighted by molar-refractivity contribution is -0.121. The van der Waals surface area contributed by atoms with E-state index < -0.39 is 0 Å². The van der Waals surface area contributed by atoms with Crippen molar-refractivity contribution < 1.29 is 4.79 Å². The van der Waals surface area contributed by atoms with E-state index in [0.29, 0.717) is 6.42 Å². The van der Waals surface area contributed by atoms with Gasteiger partial charge in [-0.2, -0.15) is 0 Å². The van der Waals surface area contributed by atoms with Gasteiger partial charge >= 0.3 is 0 Å². The summed E-state index contributed by atoms with van der Waals surface area (Å²) in [6.45, 7) is 5.77. The number of primary amides is 1. The minimum Gasteiger partial charge on any atom is -0.369 e. The van der Waals surface area contributed by atoms with E-state index in [-0.39, 0.29) is 11.8 Å². The van der Waals surface area contributed by atoms with Crippen LogP contribution in [0.5, 0.6) is 0 Å². The standard InChI is InChI=1S/C12H16ClNO/c1-7-4-10(5-8(2)11(7)13)6-9(3)12(14)15/h4-5,9H,6H2,1-3H3,(H2,14,15)/t9-/m1/s1. The van der Waals surface area contributed by atoms with Crippen molar-refractivity contribution in [2.75, 3.05) is 0 Å². The van der Waals surface area contributed by atoms with Gasteiger partial charge in [-0.1, -0.05) is 30.7 Å². The van der Waals surface area contributed by atoms with E-state index >= 15 is 0 Å². The lowest BCUT2D eigenvalue weighted by atomic mass is 9.97. The van der Waals surface area contributed by atoms with Gasteiger partial charge in [0.25, 0.3) is 0 Å². The van der Waals surface area contributed by atoms with Crippen LogP contribution in [0.3, 0.4) is 0 Å². The summed E-state index contributed by atoms with van der Waals surface area (Å²) in [4.78, 5) is 10.9. The van der Waals surface area contributed by atoms with Gasteiger partial charge in [0, 0.05) is 10.9 Å².